The third-order valence-corrected chi connectivity index (χ3v) is 5.01. The number of aryl methyl sites for hydroxylation is 2. The molecule has 0 unspecified atom stereocenters. The monoisotopic (exact) mass is 356 g/mol. The highest BCUT2D eigenvalue weighted by molar-refractivity contribution is 5.86. The van der Waals surface area contributed by atoms with Crippen molar-refractivity contribution in [2.45, 2.75) is 26.9 Å². The molecular weight excluding hydrogens is 336 g/mol. The Balaban J connectivity index is 1.79. The highest BCUT2D eigenvalue weighted by Gasteiger charge is 2.17. The van der Waals surface area contributed by atoms with Crippen LogP contribution in [0.2, 0.25) is 0 Å². The third-order valence-electron chi connectivity index (χ3n) is 5.01. The molecule has 0 fully saturated rings. The lowest BCUT2D eigenvalue weighted by molar-refractivity contribution is 0.660. The number of pyridine rings is 1. The van der Waals surface area contributed by atoms with E-state index in [1.54, 1.807) is 0 Å². The Morgan fingerprint density at radius 3 is 2.56 bits per heavy atom. The predicted molar refractivity (Wildman–Crippen MR) is 106 cm³/mol. The van der Waals surface area contributed by atoms with Crippen LogP contribution in [0.25, 0.3) is 28.1 Å². The topological polar surface area (TPSA) is 52.9 Å². The van der Waals surface area contributed by atoms with Crippen LogP contribution in [0, 0.1) is 6.92 Å². The second-order valence-corrected chi connectivity index (χ2v) is 6.70. The lowest BCUT2D eigenvalue weighted by Crippen LogP contribution is -2.03. The predicted octanol–water partition coefficient (Wildman–Crippen LogP) is 3.92. The zero-order valence-corrected chi connectivity index (χ0v) is 15.4. The Morgan fingerprint density at radius 1 is 0.926 bits per heavy atom. The van der Waals surface area contributed by atoms with Crippen LogP contribution in [0.3, 0.4) is 0 Å². The van der Waals surface area contributed by atoms with Crippen molar-refractivity contribution in [3.63, 3.8) is 0 Å². The summed E-state index contributed by atoms with van der Waals surface area (Å²) in [6.07, 6.45) is 2.03. The van der Waals surface area contributed by atoms with E-state index in [1.807, 2.05) is 29.9 Å². The maximum absolute atomic E-state index is 4.74. The summed E-state index contributed by atoms with van der Waals surface area (Å²) in [5.74, 6) is 0.887. The van der Waals surface area contributed by atoms with Crippen LogP contribution in [-0.4, -0.2) is 28.9 Å². The average Bonchev–Trinajstić information content (AvgIpc) is 3.40. The first kappa shape index (κ1) is 15.8. The SMILES string of the molecule is CCn1ccc(-c2cc3c(ccc4nnc(C)n43)n2Cc2ccccc2)n1. The summed E-state index contributed by atoms with van der Waals surface area (Å²) in [7, 11) is 0. The van der Waals surface area contributed by atoms with E-state index >= 15 is 0 Å². The Kier molecular flexibility index (Phi) is 3.57. The number of benzene rings is 1. The number of fused-ring (bicyclic) bond motifs is 3. The highest BCUT2D eigenvalue weighted by Crippen LogP contribution is 2.29. The minimum Gasteiger partial charge on any atom is -0.333 e. The van der Waals surface area contributed by atoms with Crippen molar-refractivity contribution in [3.05, 3.63) is 72.2 Å². The molecule has 27 heavy (non-hydrogen) atoms. The summed E-state index contributed by atoms with van der Waals surface area (Å²) >= 11 is 0. The molecule has 5 aromatic rings. The summed E-state index contributed by atoms with van der Waals surface area (Å²) in [6, 6.07) is 18.9. The molecular formula is C21H20N6. The number of hydrogen-bond acceptors (Lipinski definition) is 3. The molecule has 0 bridgehead atoms. The average molecular weight is 356 g/mol. The van der Waals surface area contributed by atoms with Crippen LogP contribution in [0.5, 0.6) is 0 Å². The number of hydrogen-bond donors (Lipinski definition) is 0. The summed E-state index contributed by atoms with van der Waals surface area (Å²) < 4.78 is 6.39. The third kappa shape index (κ3) is 2.52. The van der Waals surface area contributed by atoms with Gasteiger partial charge < -0.3 is 4.57 Å². The molecule has 4 aromatic heterocycles. The van der Waals surface area contributed by atoms with Crippen LogP contribution in [0.1, 0.15) is 18.3 Å². The van der Waals surface area contributed by atoms with E-state index < -0.39 is 0 Å². The fraction of sp³-hybridized carbons (Fsp3) is 0.190. The Labute approximate surface area is 156 Å². The van der Waals surface area contributed by atoms with Crippen LogP contribution < -0.4 is 0 Å². The number of nitrogens with zero attached hydrogens (tertiary/aromatic N) is 6. The van der Waals surface area contributed by atoms with Crippen LogP contribution in [0.15, 0.2) is 60.8 Å². The molecule has 0 radical (unpaired) electrons. The fourth-order valence-electron chi connectivity index (χ4n) is 3.66. The molecule has 0 atom stereocenters. The summed E-state index contributed by atoms with van der Waals surface area (Å²) in [5, 5.41) is 13.3. The van der Waals surface area contributed by atoms with Crippen molar-refractivity contribution in [1.82, 2.24) is 28.9 Å². The molecule has 0 spiro atoms. The van der Waals surface area contributed by atoms with Gasteiger partial charge in [-0.1, -0.05) is 30.3 Å². The lowest BCUT2D eigenvalue weighted by atomic mass is 10.2. The normalized spacial score (nSPS) is 11.6. The molecule has 0 aliphatic carbocycles. The van der Waals surface area contributed by atoms with E-state index in [0.717, 1.165) is 47.0 Å². The maximum atomic E-state index is 4.74. The molecule has 4 heterocycles. The van der Waals surface area contributed by atoms with Gasteiger partial charge in [-0.3, -0.25) is 9.08 Å². The Hall–Kier alpha value is -3.41. The second-order valence-electron chi connectivity index (χ2n) is 6.70. The first-order valence-electron chi connectivity index (χ1n) is 9.16. The Morgan fingerprint density at radius 2 is 1.78 bits per heavy atom. The van der Waals surface area contributed by atoms with Crippen molar-refractivity contribution in [1.29, 1.82) is 0 Å². The van der Waals surface area contributed by atoms with Gasteiger partial charge >= 0.3 is 0 Å². The van der Waals surface area contributed by atoms with Gasteiger partial charge in [-0.05, 0) is 43.7 Å². The zero-order chi connectivity index (χ0) is 18.4. The molecule has 0 amide bonds. The molecule has 0 aliphatic heterocycles. The van der Waals surface area contributed by atoms with E-state index in [9.17, 15) is 0 Å². The summed E-state index contributed by atoms with van der Waals surface area (Å²) in [5.41, 5.74) is 6.45. The van der Waals surface area contributed by atoms with Gasteiger partial charge in [0.05, 0.1) is 16.7 Å². The standard InChI is InChI=1S/C21H20N6/c1-3-25-12-11-17(24-25)19-13-20-18(9-10-21-23-22-15(2)27(20)21)26(19)14-16-7-5-4-6-8-16/h4-13H,3,14H2,1-2H3. The minimum atomic E-state index is 0.783. The van der Waals surface area contributed by atoms with Gasteiger partial charge in [0.1, 0.15) is 11.5 Å². The Bertz CT molecular complexity index is 1240. The molecule has 0 N–H and O–H groups in total. The molecule has 0 saturated heterocycles. The first-order valence-corrected chi connectivity index (χ1v) is 9.16. The van der Waals surface area contributed by atoms with E-state index in [2.05, 4.69) is 68.6 Å². The largest absolute Gasteiger partial charge is 0.333 e. The van der Waals surface area contributed by atoms with E-state index in [-0.39, 0.29) is 0 Å². The van der Waals surface area contributed by atoms with Gasteiger partial charge in [-0.25, -0.2) is 0 Å². The van der Waals surface area contributed by atoms with Crippen molar-refractivity contribution in [3.8, 4) is 11.4 Å². The summed E-state index contributed by atoms with van der Waals surface area (Å²) in [4.78, 5) is 0. The van der Waals surface area contributed by atoms with Crippen molar-refractivity contribution >= 4 is 16.7 Å². The van der Waals surface area contributed by atoms with Crippen molar-refractivity contribution in [2.75, 3.05) is 0 Å². The zero-order valence-electron chi connectivity index (χ0n) is 15.4. The van der Waals surface area contributed by atoms with Crippen molar-refractivity contribution < 1.29 is 0 Å². The first-order chi connectivity index (χ1) is 13.2. The molecule has 0 saturated carbocycles. The molecule has 6 nitrogen and oxygen atoms in total. The lowest BCUT2D eigenvalue weighted by Gasteiger charge is -2.10. The molecule has 1 aromatic carbocycles. The number of rotatable bonds is 4. The molecule has 5 rings (SSSR count). The van der Waals surface area contributed by atoms with Gasteiger partial charge in [0.25, 0.3) is 0 Å². The molecule has 6 heteroatoms. The number of aromatic nitrogens is 6. The van der Waals surface area contributed by atoms with Gasteiger partial charge in [-0.2, -0.15) is 5.10 Å². The van der Waals surface area contributed by atoms with Gasteiger partial charge in [0.15, 0.2) is 5.65 Å². The highest BCUT2D eigenvalue weighted by atomic mass is 15.3. The van der Waals surface area contributed by atoms with Gasteiger partial charge in [0.2, 0.25) is 0 Å². The molecule has 0 aliphatic rings. The fourth-order valence-corrected chi connectivity index (χ4v) is 3.66. The van der Waals surface area contributed by atoms with Crippen LogP contribution in [-0.2, 0) is 13.1 Å². The van der Waals surface area contributed by atoms with Crippen LogP contribution >= 0.6 is 0 Å². The minimum absolute atomic E-state index is 0.783. The van der Waals surface area contributed by atoms with Crippen molar-refractivity contribution in [2.24, 2.45) is 0 Å². The van der Waals surface area contributed by atoms with Gasteiger partial charge in [0, 0.05) is 19.3 Å². The maximum Gasteiger partial charge on any atom is 0.161 e. The summed E-state index contributed by atoms with van der Waals surface area (Å²) in [6.45, 7) is 5.72. The quantitative estimate of drug-likeness (QED) is 0.490. The molecule has 134 valence electrons. The van der Waals surface area contributed by atoms with E-state index in [0.29, 0.717) is 0 Å². The van der Waals surface area contributed by atoms with Crippen LogP contribution in [0.4, 0.5) is 0 Å². The second kappa shape index (κ2) is 6.09. The van der Waals surface area contributed by atoms with E-state index in [1.165, 1.54) is 5.56 Å². The van der Waals surface area contributed by atoms with Gasteiger partial charge in [-0.15, -0.1) is 10.2 Å². The smallest absolute Gasteiger partial charge is 0.161 e. The van der Waals surface area contributed by atoms with E-state index in [4.69, 9.17) is 5.10 Å².